The number of thiazole rings is 1. The van der Waals surface area contributed by atoms with E-state index >= 15 is 0 Å². The summed E-state index contributed by atoms with van der Waals surface area (Å²) in [6, 6.07) is 7.58. The summed E-state index contributed by atoms with van der Waals surface area (Å²) in [5.74, 6) is 0.116. The predicted octanol–water partition coefficient (Wildman–Crippen LogP) is 2.47. The van der Waals surface area contributed by atoms with Crippen LogP contribution in [0.15, 0.2) is 29.1 Å². The summed E-state index contributed by atoms with van der Waals surface area (Å²) in [6.45, 7) is 3.92. The highest BCUT2D eigenvalue weighted by molar-refractivity contribution is 7.16. The van der Waals surface area contributed by atoms with Gasteiger partial charge in [-0.15, -0.1) is 0 Å². The van der Waals surface area contributed by atoms with Crippen molar-refractivity contribution in [1.82, 2.24) is 4.57 Å². The van der Waals surface area contributed by atoms with Gasteiger partial charge in [-0.25, -0.2) is 0 Å². The molecule has 0 aliphatic heterocycles. The zero-order chi connectivity index (χ0) is 12.4. The Morgan fingerprint density at radius 2 is 2.18 bits per heavy atom. The van der Waals surface area contributed by atoms with Crippen LogP contribution in [0.4, 0.5) is 0 Å². The summed E-state index contributed by atoms with van der Waals surface area (Å²) < 4.78 is 7.77. The van der Waals surface area contributed by atoms with E-state index in [1.807, 2.05) is 38.1 Å². The molecule has 90 valence electrons. The zero-order valence-corrected chi connectivity index (χ0v) is 10.6. The number of hydrogen-bond acceptors (Lipinski definition) is 4. The average Bonchev–Trinajstić information content (AvgIpc) is 2.55. The third kappa shape index (κ3) is 2.55. The molecular formula is C12H14N2O2S. The molecule has 0 aliphatic rings. The lowest BCUT2D eigenvalue weighted by Gasteiger charge is -2.11. The number of benzene rings is 1. The lowest BCUT2D eigenvalue weighted by Crippen LogP contribution is -2.22. The monoisotopic (exact) mass is 250 g/mol. The third-order valence-corrected chi connectivity index (χ3v) is 3.21. The Balaban J connectivity index is 2.32. The minimum atomic E-state index is -0.0525. The van der Waals surface area contributed by atoms with E-state index in [0.717, 1.165) is 10.2 Å². The Morgan fingerprint density at radius 3 is 2.88 bits per heavy atom. The molecule has 0 bridgehead atoms. The molecule has 2 aromatic rings. The van der Waals surface area contributed by atoms with Crippen LogP contribution in [0.2, 0.25) is 0 Å². The molecule has 0 aliphatic carbocycles. The lowest BCUT2D eigenvalue weighted by atomic mass is 10.3. The van der Waals surface area contributed by atoms with Gasteiger partial charge in [-0.2, -0.15) is 0 Å². The first-order chi connectivity index (χ1) is 8.08. The van der Waals surface area contributed by atoms with Crippen molar-refractivity contribution in [2.24, 2.45) is 0 Å². The van der Waals surface area contributed by atoms with E-state index in [4.69, 9.17) is 10.1 Å². The van der Waals surface area contributed by atoms with Gasteiger partial charge in [0.25, 0.3) is 0 Å². The summed E-state index contributed by atoms with van der Waals surface area (Å²) in [7, 11) is 0. The summed E-state index contributed by atoms with van der Waals surface area (Å²) in [5.41, 5.74) is 0.861. The first-order valence-electron chi connectivity index (χ1n) is 5.40. The second-order valence-corrected chi connectivity index (χ2v) is 5.00. The number of hydrogen-bond donors (Lipinski definition) is 1. The standard InChI is InChI=1S/C12H14N2O2S/c1-8(2)16-11(13)7-14-9-5-3-4-6-10(9)17-12(14)15/h3-6,8,13H,7H2,1-2H3. The molecule has 0 saturated carbocycles. The topological polar surface area (TPSA) is 55.1 Å². The Hall–Kier alpha value is -1.62. The molecule has 0 radical (unpaired) electrons. The smallest absolute Gasteiger partial charge is 0.308 e. The number of rotatable bonds is 3. The van der Waals surface area contributed by atoms with Crippen molar-refractivity contribution in [3.05, 3.63) is 33.9 Å². The first-order valence-corrected chi connectivity index (χ1v) is 6.22. The Morgan fingerprint density at radius 1 is 1.47 bits per heavy atom. The molecule has 1 N–H and O–H groups in total. The maximum Gasteiger partial charge on any atom is 0.308 e. The van der Waals surface area contributed by atoms with Gasteiger partial charge in [0, 0.05) is 0 Å². The van der Waals surface area contributed by atoms with E-state index in [1.54, 1.807) is 4.57 Å². The van der Waals surface area contributed by atoms with Crippen LogP contribution in [0.1, 0.15) is 13.8 Å². The van der Waals surface area contributed by atoms with Crippen molar-refractivity contribution in [2.75, 3.05) is 0 Å². The van der Waals surface area contributed by atoms with Gasteiger partial charge >= 0.3 is 4.87 Å². The molecule has 0 unspecified atom stereocenters. The van der Waals surface area contributed by atoms with Gasteiger partial charge in [-0.3, -0.25) is 14.8 Å². The average molecular weight is 250 g/mol. The van der Waals surface area contributed by atoms with E-state index in [-0.39, 0.29) is 23.4 Å². The normalized spacial score (nSPS) is 11.0. The molecule has 4 nitrogen and oxygen atoms in total. The molecule has 5 heteroatoms. The van der Waals surface area contributed by atoms with Gasteiger partial charge in [0.05, 0.1) is 16.3 Å². The predicted molar refractivity (Wildman–Crippen MR) is 70.0 cm³/mol. The lowest BCUT2D eigenvalue weighted by molar-refractivity contribution is 0.217. The molecule has 1 aromatic heterocycles. The Labute approximate surface area is 103 Å². The van der Waals surface area contributed by atoms with Crippen LogP contribution in [-0.2, 0) is 11.3 Å². The highest BCUT2D eigenvalue weighted by Crippen LogP contribution is 2.16. The van der Waals surface area contributed by atoms with Crippen LogP contribution in [-0.4, -0.2) is 16.6 Å². The first kappa shape index (κ1) is 11.9. The molecule has 0 amide bonds. The highest BCUT2D eigenvalue weighted by atomic mass is 32.1. The third-order valence-electron chi connectivity index (χ3n) is 2.25. The quantitative estimate of drug-likeness (QED) is 0.672. The molecular weight excluding hydrogens is 236 g/mol. The summed E-state index contributed by atoms with van der Waals surface area (Å²) >= 11 is 1.19. The maximum atomic E-state index is 11.8. The van der Waals surface area contributed by atoms with Crippen LogP contribution < -0.4 is 4.87 Å². The van der Waals surface area contributed by atoms with Gasteiger partial charge in [0.2, 0.25) is 5.90 Å². The number of fused-ring (bicyclic) bond motifs is 1. The second kappa shape index (κ2) is 4.71. The number of aromatic nitrogens is 1. The van der Waals surface area contributed by atoms with Crippen molar-refractivity contribution in [3.8, 4) is 0 Å². The molecule has 17 heavy (non-hydrogen) atoms. The van der Waals surface area contributed by atoms with Crippen molar-refractivity contribution in [1.29, 1.82) is 5.41 Å². The fourth-order valence-corrected chi connectivity index (χ4v) is 2.52. The summed E-state index contributed by atoms with van der Waals surface area (Å²) in [6.07, 6.45) is -0.0388. The van der Waals surface area contributed by atoms with Gasteiger partial charge in [0.1, 0.15) is 6.54 Å². The second-order valence-electron chi connectivity index (χ2n) is 4.01. The molecule has 0 spiro atoms. The SMILES string of the molecule is CC(C)OC(=N)Cn1c(=O)sc2ccccc21. The van der Waals surface area contributed by atoms with Crippen LogP contribution in [0, 0.1) is 5.41 Å². The van der Waals surface area contributed by atoms with E-state index in [0.29, 0.717) is 0 Å². The van der Waals surface area contributed by atoms with Crippen molar-refractivity contribution in [3.63, 3.8) is 0 Å². The maximum absolute atomic E-state index is 11.8. The molecule has 0 fully saturated rings. The van der Waals surface area contributed by atoms with Crippen molar-refractivity contribution >= 4 is 27.5 Å². The van der Waals surface area contributed by atoms with Gasteiger partial charge in [-0.1, -0.05) is 23.5 Å². The van der Waals surface area contributed by atoms with E-state index in [1.165, 1.54) is 11.3 Å². The summed E-state index contributed by atoms with van der Waals surface area (Å²) in [5, 5.41) is 7.69. The fourth-order valence-electron chi connectivity index (χ4n) is 1.63. The number of nitrogens with one attached hydrogen (secondary N) is 1. The van der Waals surface area contributed by atoms with E-state index < -0.39 is 0 Å². The molecule has 0 atom stereocenters. The number of nitrogens with zero attached hydrogens (tertiary/aromatic N) is 1. The summed E-state index contributed by atoms with van der Waals surface area (Å²) in [4.78, 5) is 11.7. The van der Waals surface area contributed by atoms with Gasteiger partial charge in [-0.05, 0) is 26.0 Å². The minimum Gasteiger partial charge on any atom is -0.477 e. The Kier molecular flexibility index (Phi) is 3.28. The zero-order valence-electron chi connectivity index (χ0n) is 9.77. The molecule has 1 aromatic carbocycles. The highest BCUT2D eigenvalue weighted by Gasteiger charge is 2.10. The van der Waals surface area contributed by atoms with Gasteiger partial charge < -0.3 is 4.74 Å². The minimum absolute atomic E-state index is 0.0388. The van der Waals surface area contributed by atoms with Gasteiger partial charge in [0.15, 0.2) is 0 Å². The van der Waals surface area contributed by atoms with E-state index in [9.17, 15) is 4.79 Å². The number of para-hydroxylation sites is 1. The van der Waals surface area contributed by atoms with Crippen LogP contribution >= 0.6 is 11.3 Å². The van der Waals surface area contributed by atoms with Crippen molar-refractivity contribution in [2.45, 2.75) is 26.5 Å². The van der Waals surface area contributed by atoms with Crippen LogP contribution in [0.3, 0.4) is 0 Å². The van der Waals surface area contributed by atoms with Crippen LogP contribution in [0.25, 0.3) is 10.2 Å². The largest absolute Gasteiger partial charge is 0.477 e. The number of ether oxygens (including phenoxy) is 1. The molecule has 0 saturated heterocycles. The molecule has 2 rings (SSSR count). The fraction of sp³-hybridized carbons (Fsp3) is 0.333. The van der Waals surface area contributed by atoms with E-state index in [2.05, 4.69) is 0 Å². The molecule has 1 heterocycles. The van der Waals surface area contributed by atoms with Crippen LogP contribution in [0.5, 0.6) is 0 Å². The van der Waals surface area contributed by atoms with Crippen molar-refractivity contribution < 1.29 is 4.74 Å². The Bertz CT molecular complexity index is 598.